The van der Waals surface area contributed by atoms with E-state index < -0.39 is 0 Å². The van der Waals surface area contributed by atoms with E-state index in [1.807, 2.05) is 66.7 Å². The Labute approximate surface area is 137 Å². The number of nitrogens with zero attached hydrogens (tertiary/aromatic N) is 1. The zero-order chi connectivity index (χ0) is 15.4. The highest BCUT2D eigenvalue weighted by molar-refractivity contribution is 9.10. The quantitative estimate of drug-likeness (QED) is 0.601. The number of hydrogen-bond acceptors (Lipinski definition) is 2. The van der Waals surface area contributed by atoms with Gasteiger partial charge in [-0.1, -0.05) is 52.3 Å². The molecule has 3 rings (SSSR count). The maximum Gasteiger partial charge on any atom is 0.123 e. The predicted octanol–water partition coefficient (Wildman–Crippen LogP) is 5.72. The van der Waals surface area contributed by atoms with Gasteiger partial charge in [-0.2, -0.15) is 0 Å². The summed E-state index contributed by atoms with van der Waals surface area (Å²) in [4.78, 5) is 4.38. The summed E-state index contributed by atoms with van der Waals surface area (Å²) in [5, 5.41) is 11.8. The van der Waals surface area contributed by atoms with E-state index in [0.717, 1.165) is 26.5 Å². The van der Waals surface area contributed by atoms with Crippen LogP contribution in [0.15, 0.2) is 76.2 Å². The van der Waals surface area contributed by atoms with Gasteiger partial charge in [-0.15, -0.1) is 0 Å². The number of halogens is 1. The van der Waals surface area contributed by atoms with Crippen molar-refractivity contribution in [2.24, 2.45) is 4.99 Å². The van der Waals surface area contributed by atoms with Gasteiger partial charge in [0.2, 0.25) is 0 Å². The summed E-state index contributed by atoms with van der Waals surface area (Å²) in [6.07, 6.45) is 5.66. The molecule has 0 spiro atoms. The molecule has 0 amide bonds. The van der Waals surface area contributed by atoms with E-state index >= 15 is 0 Å². The number of fused-ring (bicyclic) bond motifs is 1. The number of rotatable bonds is 3. The monoisotopic (exact) mass is 351 g/mol. The molecule has 0 heterocycles. The second-order valence-corrected chi connectivity index (χ2v) is 5.75. The Morgan fingerprint density at radius 3 is 2.36 bits per heavy atom. The molecular weight excluding hydrogens is 338 g/mol. The number of allylic oxidation sites excluding steroid dienone is 1. The van der Waals surface area contributed by atoms with Crippen LogP contribution in [0.3, 0.4) is 0 Å². The van der Waals surface area contributed by atoms with Crippen molar-refractivity contribution in [3.63, 3.8) is 0 Å². The maximum atomic E-state index is 9.88. The first-order valence-corrected chi connectivity index (χ1v) is 7.70. The van der Waals surface area contributed by atoms with Gasteiger partial charge in [-0.3, -0.25) is 4.99 Å². The molecular formula is C19H14BrNO. The molecule has 0 fully saturated rings. The zero-order valence-electron chi connectivity index (χ0n) is 11.8. The smallest absolute Gasteiger partial charge is 0.123 e. The topological polar surface area (TPSA) is 32.6 Å². The standard InChI is InChI=1S/C19H14BrNO/c20-15-8-10-16(11-9-15)21-13-3-4-14-7-12-19(22)18-6-2-1-5-17(14)18/h1-13,22H/b4-3+,21-13?. The summed E-state index contributed by atoms with van der Waals surface area (Å²) >= 11 is 3.40. The van der Waals surface area contributed by atoms with Crippen molar-refractivity contribution >= 4 is 44.7 Å². The molecule has 0 radical (unpaired) electrons. The highest BCUT2D eigenvalue weighted by Crippen LogP contribution is 2.28. The molecule has 3 heteroatoms. The molecule has 0 saturated heterocycles. The van der Waals surface area contributed by atoms with Gasteiger partial charge in [-0.25, -0.2) is 0 Å². The van der Waals surface area contributed by atoms with Crippen molar-refractivity contribution in [1.29, 1.82) is 0 Å². The van der Waals surface area contributed by atoms with Gasteiger partial charge in [0, 0.05) is 16.1 Å². The van der Waals surface area contributed by atoms with E-state index in [9.17, 15) is 5.11 Å². The number of aromatic hydroxyl groups is 1. The van der Waals surface area contributed by atoms with Gasteiger partial charge >= 0.3 is 0 Å². The van der Waals surface area contributed by atoms with Crippen molar-refractivity contribution in [3.8, 4) is 5.75 Å². The van der Waals surface area contributed by atoms with Gasteiger partial charge in [0.25, 0.3) is 0 Å². The number of hydrogen-bond donors (Lipinski definition) is 1. The molecule has 0 unspecified atom stereocenters. The minimum Gasteiger partial charge on any atom is -0.507 e. The highest BCUT2D eigenvalue weighted by atomic mass is 79.9. The van der Waals surface area contributed by atoms with E-state index in [2.05, 4.69) is 20.9 Å². The van der Waals surface area contributed by atoms with E-state index in [1.165, 1.54) is 0 Å². The Hall–Kier alpha value is -2.39. The first-order valence-electron chi connectivity index (χ1n) is 6.91. The normalized spacial score (nSPS) is 11.7. The summed E-state index contributed by atoms with van der Waals surface area (Å²) in [5.41, 5.74) is 1.96. The molecule has 0 bridgehead atoms. The summed E-state index contributed by atoms with van der Waals surface area (Å²) in [6, 6.07) is 19.2. The van der Waals surface area contributed by atoms with Crippen molar-refractivity contribution in [2.75, 3.05) is 0 Å². The number of phenolic OH excluding ortho intramolecular Hbond substituents is 1. The van der Waals surface area contributed by atoms with Crippen molar-refractivity contribution in [2.45, 2.75) is 0 Å². The number of benzene rings is 3. The summed E-state index contributed by atoms with van der Waals surface area (Å²) in [7, 11) is 0. The second-order valence-electron chi connectivity index (χ2n) is 4.83. The van der Waals surface area contributed by atoms with Gasteiger partial charge in [0.15, 0.2) is 0 Å². The van der Waals surface area contributed by atoms with Crippen LogP contribution in [0.25, 0.3) is 16.8 Å². The molecule has 0 saturated carbocycles. The van der Waals surface area contributed by atoms with Crippen molar-refractivity contribution in [1.82, 2.24) is 0 Å². The average molecular weight is 352 g/mol. The number of aliphatic imine (C=N–C) groups is 1. The Balaban J connectivity index is 1.84. The van der Waals surface area contributed by atoms with Crippen LogP contribution < -0.4 is 0 Å². The predicted molar refractivity (Wildman–Crippen MR) is 96.9 cm³/mol. The third-order valence-electron chi connectivity index (χ3n) is 3.35. The maximum absolute atomic E-state index is 9.88. The number of phenols is 1. The first-order chi connectivity index (χ1) is 10.7. The molecule has 108 valence electrons. The molecule has 3 aromatic carbocycles. The van der Waals surface area contributed by atoms with E-state index in [1.54, 1.807) is 12.3 Å². The molecule has 0 aliphatic carbocycles. The lowest BCUT2D eigenvalue weighted by molar-refractivity contribution is 0.481. The lowest BCUT2D eigenvalue weighted by Crippen LogP contribution is -1.79. The fourth-order valence-electron chi connectivity index (χ4n) is 2.25. The highest BCUT2D eigenvalue weighted by Gasteiger charge is 2.01. The van der Waals surface area contributed by atoms with Crippen LogP contribution in [0, 0.1) is 0 Å². The molecule has 0 aliphatic heterocycles. The van der Waals surface area contributed by atoms with Crippen LogP contribution in [0.4, 0.5) is 5.69 Å². The van der Waals surface area contributed by atoms with Gasteiger partial charge in [0.1, 0.15) is 5.75 Å². The molecule has 0 atom stereocenters. The Kier molecular flexibility index (Phi) is 4.35. The Morgan fingerprint density at radius 1 is 0.864 bits per heavy atom. The fraction of sp³-hybridized carbons (Fsp3) is 0. The lowest BCUT2D eigenvalue weighted by atomic mass is 10.0. The molecule has 2 nitrogen and oxygen atoms in total. The SMILES string of the molecule is Oc1ccc(/C=C/C=Nc2ccc(Br)cc2)c2ccccc12. The van der Waals surface area contributed by atoms with Gasteiger partial charge in [-0.05, 0) is 47.4 Å². The molecule has 22 heavy (non-hydrogen) atoms. The van der Waals surface area contributed by atoms with Gasteiger partial charge in [0.05, 0.1) is 5.69 Å². The zero-order valence-corrected chi connectivity index (χ0v) is 13.4. The summed E-state index contributed by atoms with van der Waals surface area (Å²) in [5.74, 6) is 0.302. The van der Waals surface area contributed by atoms with Crippen molar-refractivity contribution < 1.29 is 5.11 Å². The van der Waals surface area contributed by atoms with E-state index in [-0.39, 0.29) is 0 Å². The van der Waals surface area contributed by atoms with E-state index in [0.29, 0.717) is 5.75 Å². The van der Waals surface area contributed by atoms with E-state index in [4.69, 9.17) is 0 Å². The van der Waals surface area contributed by atoms with Crippen LogP contribution >= 0.6 is 15.9 Å². The first kappa shape index (κ1) is 14.5. The minimum atomic E-state index is 0.302. The summed E-state index contributed by atoms with van der Waals surface area (Å²) in [6.45, 7) is 0. The Morgan fingerprint density at radius 2 is 1.59 bits per heavy atom. The molecule has 0 aliphatic rings. The third-order valence-corrected chi connectivity index (χ3v) is 3.88. The minimum absolute atomic E-state index is 0.302. The second kappa shape index (κ2) is 6.58. The third kappa shape index (κ3) is 3.26. The fourth-order valence-corrected chi connectivity index (χ4v) is 2.52. The molecule has 1 N–H and O–H groups in total. The lowest BCUT2D eigenvalue weighted by Gasteiger charge is -2.03. The van der Waals surface area contributed by atoms with Crippen LogP contribution in [-0.2, 0) is 0 Å². The largest absolute Gasteiger partial charge is 0.507 e. The molecule has 0 aromatic heterocycles. The summed E-state index contributed by atoms with van der Waals surface area (Å²) < 4.78 is 1.04. The van der Waals surface area contributed by atoms with Crippen molar-refractivity contribution in [3.05, 3.63) is 76.8 Å². The van der Waals surface area contributed by atoms with Gasteiger partial charge < -0.3 is 5.11 Å². The van der Waals surface area contributed by atoms with Crippen LogP contribution in [0.1, 0.15) is 5.56 Å². The van der Waals surface area contributed by atoms with Crippen LogP contribution in [0.2, 0.25) is 0 Å². The Bertz CT molecular complexity index is 851. The average Bonchev–Trinajstić information content (AvgIpc) is 2.55. The van der Waals surface area contributed by atoms with Crippen LogP contribution in [-0.4, -0.2) is 11.3 Å². The molecule has 3 aromatic rings. The van der Waals surface area contributed by atoms with Crippen LogP contribution in [0.5, 0.6) is 5.75 Å².